The third kappa shape index (κ3) is 4.05. The molecule has 20 heavy (non-hydrogen) atoms. The van der Waals surface area contributed by atoms with Gasteiger partial charge in [0.1, 0.15) is 0 Å². The van der Waals surface area contributed by atoms with Gasteiger partial charge in [-0.3, -0.25) is 9.48 Å². The van der Waals surface area contributed by atoms with E-state index in [4.69, 9.17) is 9.47 Å². The van der Waals surface area contributed by atoms with Crippen molar-refractivity contribution in [3.63, 3.8) is 0 Å². The summed E-state index contributed by atoms with van der Waals surface area (Å²) in [6.45, 7) is 3.12. The Morgan fingerprint density at radius 3 is 2.90 bits per heavy atom. The minimum Gasteiger partial charge on any atom is -0.383 e. The van der Waals surface area contributed by atoms with Gasteiger partial charge in [-0.25, -0.2) is 0 Å². The maximum Gasteiger partial charge on any atom is 0.226 e. The smallest absolute Gasteiger partial charge is 0.226 e. The Morgan fingerprint density at radius 1 is 1.55 bits per heavy atom. The molecule has 0 spiro atoms. The van der Waals surface area contributed by atoms with Crippen molar-refractivity contribution in [2.45, 2.75) is 19.4 Å². The summed E-state index contributed by atoms with van der Waals surface area (Å²) in [5.74, 6) is 0.284. The van der Waals surface area contributed by atoms with Gasteiger partial charge in [-0.05, 0) is 12.8 Å². The second-order valence-electron chi connectivity index (χ2n) is 5.16. The lowest BCUT2D eigenvalue weighted by atomic mass is 9.98. The third-order valence-corrected chi connectivity index (χ3v) is 3.58. The molecule has 0 saturated carbocycles. The van der Waals surface area contributed by atoms with Crippen molar-refractivity contribution in [1.29, 1.82) is 0 Å². The van der Waals surface area contributed by atoms with E-state index in [1.807, 2.05) is 18.1 Å². The van der Waals surface area contributed by atoms with E-state index in [0.717, 1.165) is 18.4 Å². The molecule has 1 aliphatic rings. The maximum atomic E-state index is 12.6. The van der Waals surface area contributed by atoms with Crippen LogP contribution in [-0.4, -0.2) is 54.1 Å². The molecular weight excluding hydrogens is 258 g/mol. The van der Waals surface area contributed by atoms with Crippen molar-refractivity contribution >= 4 is 5.91 Å². The number of aryl methyl sites for hydroxylation is 1. The molecule has 1 aliphatic heterocycles. The fraction of sp³-hybridized carbons (Fsp3) is 0.714. The van der Waals surface area contributed by atoms with Crippen LogP contribution in [-0.2, 0) is 27.9 Å². The van der Waals surface area contributed by atoms with Crippen molar-refractivity contribution in [3.05, 3.63) is 18.0 Å². The highest BCUT2D eigenvalue weighted by Crippen LogP contribution is 2.19. The van der Waals surface area contributed by atoms with Gasteiger partial charge in [-0.15, -0.1) is 0 Å². The molecule has 0 bridgehead atoms. The van der Waals surface area contributed by atoms with Crippen LogP contribution in [0.15, 0.2) is 12.4 Å². The Hall–Kier alpha value is -1.40. The average molecular weight is 281 g/mol. The Labute approximate surface area is 119 Å². The SMILES string of the molecule is COCCN(Cc1cnn(C)c1)C(=O)C1CCOCC1. The van der Waals surface area contributed by atoms with Crippen molar-refractivity contribution < 1.29 is 14.3 Å². The summed E-state index contributed by atoms with van der Waals surface area (Å²) in [7, 11) is 3.53. The molecule has 2 rings (SSSR count). The van der Waals surface area contributed by atoms with Crippen molar-refractivity contribution in [3.8, 4) is 0 Å². The van der Waals surface area contributed by atoms with Crippen LogP contribution >= 0.6 is 0 Å². The van der Waals surface area contributed by atoms with E-state index in [-0.39, 0.29) is 11.8 Å². The number of amides is 1. The Kier molecular flexibility index (Phi) is 5.55. The van der Waals surface area contributed by atoms with E-state index in [2.05, 4.69) is 5.10 Å². The number of aromatic nitrogens is 2. The predicted octanol–water partition coefficient (Wildman–Crippen LogP) is 0.822. The summed E-state index contributed by atoms with van der Waals surface area (Å²) in [5.41, 5.74) is 1.05. The maximum absolute atomic E-state index is 12.6. The highest BCUT2D eigenvalue weighted by Gasteiger charge is 2.26. The summed E-state index contributed by atoms with van der Waals surface area (Å²) >= 11 is 0. The highest BCUT2D eigenvalue weighted by molar-refractivity contribution is 5.79. The monoisotopic (exact) mass is 281 g/mol. The molecule has 6 nitrogen and oxygen atoms in total. The second kappa shape index (κ2) is 7.40. The van der Waals surface area contributed by atoms with Gasteiger partial charge in [0.25, 0.3) is 0 Å². The Bertz CT molecular complexity index is 427. The summed E-state index contributed by atoms with van der Waals surface area (Å²) < 4.78 is 12.2. The van der Waals surface area contributed by atoms with Crippen LogP contribution in [0, 0.1) is 5.92 Å². The van der Waals surface area contributed by atoms with E-state index in [9.17, 15) is 4.79 Å². The average Bonchev–Trinajstić information content (AvgIpc) is 2.89. The highest BCUT2D eigenvalue weighted by atomic mass is 16.5. The van der Waals surface area contributed by atoms with Crippen LogP contribution in [0.4, 0.5) is 0 Å². The largest absolute Gasteiger partial charge is 0.383 e. The lowest BCUT2D eigenvalue weighted by Crippen LogP contribution is -2.39. The lowest BCUT2D eigenvalue weighted by Gasteiger charge is -2.29. The molecule has 0 aromatic carbocycles. The van der Waals surface area contributed by atoms with Crippen molar-refractivity contribution in [2.24, 2.45) is 13.0 Å². The topological polar surface area (TPSA) is 56.6 Å². The molecule has 6 heteroatoms. The molecule has 0 aliphatic carbocycles. The van der Waals surface area contributed by atoms with Gasteiger partial charge in [0.2, 0.25) is 5.91 Å². The van der Waals surface area contributed by atoms with Crippen LogP contribution in [0.3, 0.4) is 0 Å². The predicted molar refractivity (Wildman–Crippen MR) is 74.0 cm³/mol. The molecule has 1 aromatic rings. The number of methoxy groups -OCH3 is 1. The first kappa shape index (κ1) is 15.0. The van der Waals surface area contributed by atoms with Gasteiger partial charge in [0.15, 0.2) is 0 Å². The number of hydrogen-bond acceptors (Lipinski definition) is 4. The number of nitrogens with zero attached hydrogens (tertiary/aromatic N) is 3. The van der Waals surface area contributed by atoms with Gasteiger partial charge in [-0.2, -0.15) is 5.10 Å². The van der Waals surface area contributed by atoms with E-state index >= 15 is 0 Å². The van der Waals surface area contributed by atoms with E-state index in [1.165, 1.54) is 0 Å². The van der Waals surface area contributed by atoms with Gasteiger partial charge in [0.05, 0.1) is 12.8 Å². The Balaban J connectivity index is 1.99. The fourth-order valence-electron chi connectivity index (χ4n) is 2.45. The zero-order valence-corrected chi connectivity index (χ0v) is 12.2. The quantitative estimate of drug-likeness (QED) is 0.775. The molecule has 0 radical (unpaired) electrons. The number of rotatable bonds is 6. The number of hydrogen-bond donors (Lipinski definition) is 0. The van der Waals surface area contributed by atoms with E-state index in [1.54, 1.807) is 18.0 Å². The van der Waals surface area contributed by atoms with Crippen LogP contribution in [0.25, 0.3) is 0 Å². The molecule has 1 fully saturated rings. The molecule has 0 unspecified atom stereocenters. The fourth-order valence-corrected chi connectivity index (χ4v) is 2.45. The van der Waals surface area contributed by atoms with Crippen LogP contribution < -0.4 is 0 Å². The molecule has 1 saturated heterocycles. The first-order valence-corrected chi connectivity index (χ1v) is 7.03. The van der Waals surface area contributed by atoms with Crippen LogP contribution in [0.2, 0.25) is 0 Å². The number of carbonyl (C=O) groups excluding carboxylic acids is 1. The van der Waals surface area contributed by atoms with Gasteiger partial charge < -0.3 is 14.4 Å². The molecule has 1 aromatic heterocycles. The molecule has 2 heterocycles. The Morgan fingerprint density at radius 2 is 2.30 bits per heavy atom. The van der Waals surface area contributed by atoms with E-state index in [0.29, 0.717) is 32.9 Å². The van der Waals surface area contributed by atoms with Crippen molar-refractivity contribution in [1.82, 2.24) is 14.7 Å². The number of carbonyl (C=O) groups is 1. The first-order valence-electron chi connectivity index (χ1n) is 7.03. The standard InChI is InChI=1S/C14H23N3O3/c1-16-10-12(9-15-16)11-17(5-8-19-2)14(18)13-3-6-20-7-4-13/h9-10,13H,3-8,11H2,1-2H3. The van der Waals surface area contributed by atoms with Crippen molar-refractivity contribution in [2.75, 3.05) is 33.5 Å². The molecule has 112 valence electrons. The van der Waals surface area contributed by atoms with Crippen LogP contribution in [0.5, 0.6) is 0 Å². The summed E-state index contributed by atoms with van der Waals surface area (Å²) in [5, 5.41) is 4.15. The zero-order chi connectivity index (χ0) is 14.4. The van der Waals surface area contributed by atoms with Gasteiger partial charge >= 0.3 is 0 Å². The lowest BCUT2D eigenvalue weighted by molar-refractivity contribution is -0.139. The van der Waals surface area contributed by atoms with Gasteiger partial charge in [0, 0.05) is 58.1 Å². The molecule has 0 atom stereocenters. The number of ether oxygens (including phenoxy) is 2. The molecule has 1 amide bonds. The zero-order valence-electron chi connectivity index (χ0n) is 12.2. The molecule has 0 N–H and O–H groups in total. The minimum absolute atomic E-state index is 0.0808. The van der Waals surface area contributed by atoms with Gasteiger partial charge in [-0.1, -0.05) is 0 Å². The van der Waals surface area contributed by atoms with Crippen LogP contribution in [0.1, 0.15) is 18.4 Å². The summed E-state index contributed by atoms with van der Waals surface area (Å²) in [6.07, 6.45) is 5.37. The molecular formula is C14H23N3O3. The van der Waals surface area contributed by atoms with E-state index < -0.39 is 0 Å². The first-order chi connectivity index (χ1) is 9.70. The second-order valence-corrected chi connectivity index (χ2v) is 5.16. The summed E-state index contributed by atoms with van der Waals surface area (Å²) in [4.78, 5) is 14.5. The summed E-state index contributed by atoms with van der Waals surface area (Å²) in [6, 6.07) is 0. The minimum atomic E-state index is 0.0808. The normalized spacial score (nSPS) is 16.3. The third-order valence-electron chi connectivity index (χ3n) is 3.58.